The Labute approximate surface area is 109 Å². The van der Waals surface area contributed by atoms with Crippen molar-refractivity contribution in [2.24, 2.45) is 0 Å². The van der Waals surface area contributed by atoms with E-state index < -0.39 is 5.97 Å². The molecule has 1 unspecified atom stereocenters. The summed E-state index contributed by atoms with van der Waals surface area (Å²) in [5, 5.41) is 9.05. The van der Waals surface area contributed by atoms with Gasteiger partial charge in [-0.25, -0.2) is 4.79 Å². The monoisotopic (exact) mass is 302 g/mol. The van der Waals surface area contributed by atoms with Crippen LogP contribution in [-0.2, 0) is 4.74 Å². The summed E-state index contributed by atoms with van der Waals surface area (Å²) >= 11 is 3.29. The number of halogens is 1. The Morgan fingerprint density at radius 1 is 1.53 bits per heavy atom. The Kier molecular flexibility index (Phi) is 5.44. The third-order valence-electron chi connectivity index (χ3n) is 2.24. The lowest BCUT2D eigenvalue weighted by Crippen LogP contribution is -2.16. The molecule has 1 aromatic carbocycles. The van der Waals surface area contributed by atoms with Crippen LogP contribution in [0.1, 0.15) is 23.7 Å². The standard InChI is InChI=1S/C12H15BrO4/c1-8(6-7-16-2)17-11-9(12(14)15)4-3-5-10(11)13/h3-5,8H,6-7H2,1-2H3,(H,14,15). The number of carbonyl (C=O) groups is 1. The maximum absolute atomic E-state index is 11.0. The highest BCUT2D eigenvalue weighted by molar-refractivity contribution is 9.10. The van der Waals surface area contributed by atoms with E-state index in [9.17, 15) is 4.79 Å². The second-order valence-corrected chi connectivity index (χ2v) is 4.49. The van der Waals surface area contributed by atoms with Crippen molar-refractivity contribution < 1.29 is 19.4 Å². The highest BCUT2D eigenvalue weighted by Crippen LogP contribution is 2.30. The Morgan fingerprint density at radius 3 is 2.82 bits per heavy atom. The van der Waals surface area contributed by atoms with Gasteiger partial charge in [-0.15, -0.1) is 0 Å². The van der Waals surface area contributed by atoms with Gasteiger partial charge in [0.25, 0.3) is 0 Å². The van der Waals surface area contributed by atoms with Crippen LogP contribution in [0.2, 0.25) is 0 Å². The smallest absolute Gasteiger partial charge is 0.339 e. The minimum absolute atomic E-state index is 0.105. The number of benzene rings is 1. The zero-order valence-corrected chi connectivity index (χ0v) is 11.4. The van der Waals surface area contributed by atoms with Gasteiger partial charge in [-0.1, -0.05) is 6.07 Å². The second-order valence-electron chi connectivity index (χ2n) is 3.63. The fourth-order valence-electron chi connectivity index (χ4n) is 1.34. The second kappa shape index (κ2) is 6.61. The van der Waals surface area contributed by atoms with Crippen molar-refractivity contribution in [3.05, 3.63) is 28.2 Å². The minimum Gasteiger partial charge on any atom is -0.489 e. The van der Waals surface area contributed by atoms with Gasteiger partial charge >= 0.3 is 5.97 Å². The van der Waals surface area contributed by atoms with E-state index in [1.807, 2.05) is 6.92 Å². The lowest BCUT2D eigenvalue weighted by Gasteiger charge is -2.17. The molecule has 94 valence electrons. The van der Waals surface area contributed by atoms with E-state index in [0.717, 1.165) is 0 Å². The summed E-state index contributed by atoms with van der Waals surface area (Å²) in [6, 6.07) is 4.94. The van der Waals surface area contributed by atoms with Crippen molar-refractivity contribution >= 4 is 21.9 Å². The number of hydrogen-bond acceptors (Lipinski definition) is 3. The molecule has 0 aliphatic heterocycles. The number of aromatic carboxylic acids is 1. The normalized spacial score (nSPS) is 12.2. The number of carboxylic acid groups (broad SMARTS) is 1. The highest BCUT2D eigenvalue weighted by Gasteiger charge is 2.16. The van der Waals surface area contributed by atoms with Crippen LogP contribution < -0.4 is 4.74 Å². The molecule has 1 N–H and O–H groups in total. The molecule has 0 aliphatic carbocycles. The van der Waals surface area contributed by atoms with Gasteiger partial charge in [0.1, 0.15) is 11.3 Å². The number of para-hydroxylation sites is 1. The summed E-state index contributed by atoms with van der Waals surface area (Å²) in [4.78, 5) is 11.0. The van der Waals surface area contributed by atoms with Crippen molar-refractivity contribution in [2.75, 3.05) is 13.7 Å². The van der Waals surface area contributed by atoms with E-state index >= 15 is 0 Å². The predicted molar refractivity (Wildman–Crippen MR) is 67.7 cm³/mol. The molecular weight excluding hydrogens is 288 g/mol. The molecule has 1 rings (SSSR count). The summed E-state index contributed by atoms with van der Waals surface area (Å²) < 4.78 is 11.2. The third-order valence-corrected chi connectivity index (χ3v) is 2.87. The zero-order chi connectivity index (χ0) is 12.8. The maximum atomic E-state index is 11.0. The first-order valence-corrected chi connectivity index (χ1v) is 6.03. The van der Waals surface area contributed by atoms with Gasteiger partial charge in [0.15, 0.2) is 0 Å². The molecular formula is C12H15BrO4. The maximum Gasteiger partial charge on any atom is 0.339 e. The van der Waals surface area contributed by atoms with Crippen LogP contribution in [-0.4, -0.2) is 30.9 Å². The molecule has 0 fully saturated rings. The number of methoxy groups -OCH3 is 1. The van der Waals surface area contributed by atoms with Crippen LogP contribution in [0.5, 0.6) is 5.75 Å². The van der Waals surface area contributed by atoms with E-state index in [4.69, 9.17) is 14.6 Å². The zero-order valence-electron chi connectivity index (χ0n) is 9.77. The van der Waals surface area contributed by atoms with Crippen molar-refractivity contribution in [1.29, 1.82) is 0 Å². The Balaban J connectivity index is 2.85. The van der Waals surface area contributed by atoms with E-state index in [1.165, 1.54) is 6.07 Å². The Bertz CT molecular complexity index is 392. The molecule has 0 saturated carbocycles. The SMILES string of the molecule is COCCC(C)Oc1c(Br)cccc1C(=O)O. The van der Waals surface area contributed by atoms with Crippen LogP contribution in [0.3, 0.4) is 0 Å². The van der Waals surface area contributed by atoms with Gasteiger partial charge in [-0.3, -0.25) is 0 Å². The lowest BCUT2D eigenvalue weighted by atomic mass is 10.2. The van der Waals surface area contributed by atoms with Crippen LogP contribution in [0.15, 0.2) is 22.7 Å². The molecule has 1 aromatic rings. The van der Waals surface area contributed by atoms with Crippen LogP contribution in [0.4, 0.5) is 0 Å². The largest absolute Gasteiger partial charge is 0.489 e. The molecule has 0 saturated heterocycles. The molecule has 0 aliphatic rings. The fourth-order valence-corrected chi connectivity index (χ4v) is 1.80. The average molecular weight is 303 g/mol. The van der Waals surface area contributed by atoms with E-state index in [2.05, 4.69) is 15.9 Å². The van der Waals surface area contributed by atoms with Crippen LogP contribution >= 0.6 is 15.9 Å². The van der Waals surface area contributed by atoms with Crippen molar-refractivity contribution in [3.63, 3.8) is 0 Å². The molecule has 0 aromatic heterocycles. The first-order chi connectivity index (χ1) is 8.06. The first-order valence-electron chi connectivity index (χ1n) is 5.23. The van der Waals surface area contributed by atoms with Gasteiger partial charge in [0.2, 0.25) is 0 Å². The summed E-state index contributed by atoms with van der Waals surface area (Å²) in [7, 11) is 1.62. The summed E-state index contributed by atoms with van der Waals surface area (Å²) in [5.41, 5.74) is 0.156. The van der Waals surface area contributed by atoms with Gasteiger partial charge in [0, 0.05) is 20.1 Å². The van der Waals surface area contributed by atoms with Crippen molar-refractivity contribution in [2.45, 2.75) is 19.4 Å². The quantitative estimate of drug-likeness (QED) is 0.878. The first kappa shape index (κ1) is 14.0. The average Bonchev–Trinajstić information content (AvgIpc) is 2.28. The van der Waals surface area contributed by atoms with Gasteiger partial charge in [-0.05, 0) is 35.0 Å². The number of carboxylic acids is 1. The summed E-state index contributed by atoms with van der Waals surface area (Å²) in [5.74, 6) is -0.635. The lowest BCUT2D eigenvalue weighted by molar-refractivity contribution is 0.0687. The summed E-state index contributed by atoms with van der Waals surface area (Å²) in [6.45, 7) is 2.46. The topological polar surface area (TPSA) is 55.8 Å². The third kappa shape index (κ3) is 4.02. The number of hydrogen-bond donors (Lipinski definition) is 1. The van der Waals surface area contributed by atoms with Crippen LogP contribution in [0.25, 0.3) is 0 Å². The molecule has 0 radical (unpaired) electrons. The summed E-state index contributed by atoms with van der Waals surface area (Å²) in [6.07, 6.45) is 0.600. The molecule has 0 heterocycles. The van der Waals surface area contributed by atoms with Gasteiger partial charge < -0.3 is 14.6 Å². The molecule has 0 spiro atoms. The molecule has 0 amide bonds. The fraction of sp³-hybridized carbons (Fsp3) is 0.417. The Hall–Kier alpha value is -1.07. The Morgan fingerprint density at radius 2 is 2.24 bits per heavy atom. The molecule has 5 heteroatoms. The van der Waals surface area contributed by atoms with E-state index in [1.54, 1.807) is 19.2 Å². The molecule has 17 heavy (non-hydrogen) atoms. The van der Waals surface area contributed by atoms with E-state index in [0.29, 0.717) is 23.2 Å². The highest BCUT2D eigenvalue weighted by atomic mass is 79.9. The minimum atomic E-state index is -1.000. The molecule has 0 bridgehead atoms. The number of rotatable bonds is 6. The van der Waals surface area contributed by atoms with Crippen molar-refractivity contribution in [1.82, 2.24) is 0 Å². The van der Waals surface area contributed by atoms with Crippen LogP contribution in [0, 0.1) is 0 Å². The number of ether oxygens (including phenoxy) is 2. The van der Waals surface area contributed by atoms with E-state index in [-0.39, 0.29) is 11.7 Å². The predicted octanol–water partition coefficient (Wildman–Crippen LogP) is 2.95. The van der Waals surface area contributed by atoms with Gasteiger partial charge in [-0.2, -0.15) is 0 Å². The molecule has 1 atom stereocenters. The van der Waals surface area contributed by atoms with Crippen molar-refractivity contribution in [3.8, 4) is 5.75 Å². The molecule has 4 nitrogen and oxygen atoms in total. The van der Waals surface area contributed by atoms with Gasteiger partial charge in [0.05, 0.1) is 10.6 Å².